The molecule has 0 saturated carbocycles. The molecule has 0 unspecified atom stereocenters. The van der Waals surface area contributed by atoms with Crippen molar-refractivity contribution in [3.8, 4) is 5.75 Å². The van der Waals surface area contributed by atoms with Crippen molar-refractivity contribution in [2.45, 2.75) is 58.7 Å². The van der Waals surface area contributed by atoms with E-state index < -0.39 is 7.12 Å². The molecule has 1 aromatic rings. The van der Waals surface area contributed by atoms with E-state index in [9.17, 15) is 5.11 Å². The lowest BCUT2D eigenvalue weighted by molar-refractivity contribution is 0.00578. The van der Waals surface area contributed by atoms with Crippen molar-refractivity contribution in [3.05, 3.63) is 23.8 Å². The van der Waals surface area contributed by atoms with Gasteiger partial charge in [-0.2, -0.15) is 0 Å². The molecule has 0 radical (unpaired) electrons. The number of phenols is 1. The Kier molecular flexibility index (Phi) is 3.44. The lowest BCUT2D eigenvalue weighted by Gasteiger charge is -2.32. The molecule has 1 saturated heterocycles. The monoisotopic (exact) mass is 262 g/mol. The molecule has 3 nitrogen and oxygen atoms in total. The van der Waals surface area contributed by atoms with Gasteiger partial charge >= 0.3 is 7.12 Å². The minimum atomic E-state index is -0.422. The van der Waals surface area contributed by atoms with Crippen LogP contribution in [0.2, 0.25) is 0 Å². The predicted octanol–water partition coefficient (Wildman–Crippen LogP) is 2.81. The minimum absolute atomic E-state index is 0.218. The molecule has 1 aromatic carbocycles. The highest BCUT2D eigenvalue weighted by Crippen LogP contribution is 2.37. The first-order valence-electron chi connectivity index (χ1n) is 6.83. The fraction of sp³-hybridized carbons (Fsp3) is 0.600. The van der Waals surface area contributed by atoms with E-state index in [0.29, 0.717) is 5.75 Å². The van der Waals surface area contributed by atoms with E-state index >= 15 is 0 Å². The van der Waals surface area contributed by atoms with E-state index in [4.69, 9.17) is 9.31 Å². The topological polar surface area (TPSA) is 38.7 Å². The van der Waals surface area contributed by atoms with E-state index in [-0.39, 0.29) is 17.1 Å². The number of benzene rings is 1. The Morgan fingerprint density at radius 1 is 1.05 bits per heavy atom. The number of hydrogen-bond acceptors (Lipinski definition) is 3. The summed E-state index contributed by atoms with van der Waals surface area (Å²) in [5.41, 5.74) is 1.10. The van der Waals surface area contributed by atoms with E-state index in [1.54, 1.807) is 6.07 Å². The minimum Gasteiger partial charge on any atom is -0.508 e. The van der Waals surface area contributed by atoms with Crippen molar-refractivity contribution >= 4 is 12.6 Å². The highest BCUT2D eigenvalue weighted by Gasteiger charge is 2.52. The molecule has 0 spiro atoms. The third kappa shape index (κ3) is 2.39. The van der Waals surface area contributed by atoms with E-state index in [2.05, 4.69) is 13.8 Å². The fourth-order valence-electron chi connectivity index (χ4n) is 2.38. The smallest absolute Gasteiger partial charge is 0.495 e. The second-order valence-corrected chi connectivity index (χ2v) is 6.52. The van der Waals surface area contributed by atoms with Crippen LogP contribution < -0.4 is 5.46 Å². The van der Waals surface area contributed by atoms with Crippen LogP contribution in [0.25, 0.3) is 0 Å². The SMILES string of the molecule is CC(C)c1c(O)cccc1B1OC(C)(C)C(C)(C)O1. The summed E-state index contributed by atoms with van der Waals surface area (Å²) in [4.78, 5) is 0. The molecule has 2 rings (SSSR count). The molecule has 0 bridgehead atoms. The Labute approximate surface area is 116 Å². The van der Waals surface area contributed by atoms with E-state index in [1.807, 2.05) is 39.8 Å². The van der Waals surface area contributed by atoms with Crippen molar-refractivity contribution < 1.29 is 14.4 Å². The lowest BCUT2D eigenvalue weighted by atomic mass is 9.73. The number of aromatic hydroxyl groups is 1. The van der Waals surface area contributed by atoms with E-state index in [0.717, 1.165) is 11.0 Å². The van der Waals surface area contributed by atoms with Crippen molar-refractivity contribution in [2.75, 3.05) is 0 Å². The van der Waals surface area contributed by atoms with Crippen LogP contribution in [0.15, 0.2) is 18.2 Å². The Hall–Kier alpha value is -0.995. The average Bonchev–Trinajstić information content (AvgIpc) is 2.47. The first-order chi connectivity index (χ1) is 8.66. The van der Waals surface area contributed by atoms with Gasteiger partial charge in [0, 0.05) is 0 Å². The van der Waals surface area contributed by atoms with Crippen LogP contribution in [0.5, 0.6) is 5.75 Å². The van der Waals surface area contributed by atoms with Crippen LogP contribution in [-0.4, -0.2) is 23.4 Å². The second kappa shape index (κ2) is 4.53. The average molecular weight is 262 g/mol. The summed E-state index contributed by atoms with van der Waals surface area (Å²) in [7, 11) is -0.422. The number of hydrogen-bond donors (Lipinski definition) is 1. The Morgan fingerprint density at radius 2 is 1.58 bits per heavy atom. The first kappa shape index (κ1) is 14.4. The molecule has 1 N–H and O–H groups in total. The van der Waals surface area contributed by atoms with Gasteiger partial charge in [-0.25, -0.2) is 0 Å². The zero-order chi connectivity index (χ0) is 14.4. The van der Waals surface area contributed by atoms with Crippen LogP contribution in [-0.2, 0) is 9.31 Å². The van der Waals surface area contributed by atoms with Gasteiger partial charge in [-0.05, 0) is 50.7 Å². The van der Waals surface area contributed by atoms with Gasteiger partial charge in [-0.3, -0.25) is 0 Å². The third-order valence-electron chi connectivity index (χ3n) is 4.20. The summed E-state index contributed by atoms with van der Waals surface area (Å²) >= 11 is 0. The summed E-state index contributed by atoms with van der Waals surface area (Å²) in [5, 5.41) is 10.1. The number of rotatable bonds is 2. The van der Waals surface area contributed by atoms with Crippen molar-refractivity contribution in [1.82, 2.24) is 0 Å². The van der Waals surface area contributed by atoms with Crippen molar-refractivity contribution in [3.63, 3.8) is 0 Å². The normalized spacial score (nSPS) is 21.1. The Morgan fingerprint density at radius 3 is 2.05 bits per heavy atom. The van der Waals surface area contributed by atoms with Gasteiger partial charge in [0.2, 0.25) is 0 Å². The van der Waals surface area contributed by atoms with Crippen LogP contribution in [0.3, 0.4) is 0 Å². The molecule has 1 aliphatic heterocycles. The molecule has 0 aromatic heterocycles. The lowest BCUT2D eigenvalue weighted by Crippen LogP contribution is -2.41. The maximum absolute atomic E-state index is 10.1. The van der Waals surface area contributed by atoms with Gasteiger partial charge in [-0.15, -0.1) is 0 Å². The van der Waals surface area contributed by atoms with Crippen LogP contribution in [0.4, 0.5) is 0 Å². The molecule has 0 atom stereocenters. The molecule has 19 heavy (non-hydrogen) atoms. The van der Waals surface area contributed by atoms with Crippen LogP contribution in [0.1, 0.15) is 53.0 Å². The maximum Gasteiger partial charge on any atom is 0.495 e. The molecular formula is C15H23BO3. The summed E-state index contributed by atoms with van der Waals surface area (Å²) in [6.45, 7) is 12.2. The number of phenolic OH excluding ortho intramolecular Hbond substituents is 1. The Balaban J connectivity index is 2.43. The standard InChI is InChI=1S/C15H23BO3/c1-10(2)13-11(8-7-9-12(13)17)16-18-14(3,4)15(5,6)19-16/h7-10,17H,1-6H3. The highest BCUT2D eigenvalue weighted by atomic mass is 16.7. The fourth-order valence-corrected chi connectivity index (χ4v) is 2.38. The second-order valence-electron chi connectivity index (χ2n) is 6.52. The molecule has 4 heteroatoms. The van der Waals surface area contributed by atoms with E-state index in [1.165, 1.54) is 0 Å². The molecule has 0 amide bonds. The van der Waals surface area contributed by atoms with Crippen LogP contribution in [0, 0.1) is 0 Å². The molecule has 0 aliphatic carbocycles. The van der Waals surface area contributed by atoms with Gasteiger partial charge < -0.3 is 14.4 Å². The maximum atomic E-state index is 10.1. The zero-order valence-corrected chi connectivity index (χ0v) is 12.7. The van der Waals surface area contributed by atoms with Gasteiger partial charge in [0.05, 0.1) is 11.2 Å². The molecule has 104 valence electrons. The molecule has 1 aliphatic rings. The Bertz CT molecular complexity index is 464. The molecular weight excluding hydrogens is 239 g/mol. The van der Waals surface area contributed by atoms with Gasteiger partial charge in [0.15, 0.2) is 0 Å². The summed E-state index contributed by atoms with van der Waals surface area (Å²) < 4.78 is 12.1. The van der Waals surface area contributed by atoms with Crippen molar-refractivity contribution in [2.24, 2.45) is 0 Å². The summed E-state index contributed by atoms with van der Waals surface area (Å²) in [6.07, 6.45) is 0. The van der Waals surface area contributed by atoms with Gasteiger partial charge in [-0.1, -0.05) is 26.0 Å². The third-order valence-corrected chi connectivity index (χ3v) is 4.20. The van der Waals surface area contributed by atoms with Gasteiger partial charge in [0.25, 0.3) is 0 Å². The summed E-state index contributed by atoms with van der Waals surface area (Å²) in [6, 6.07) is 5.52. The molecule has 1 fully saturated rings. The summed E-state index contributed by atoms with van der Waals surface area (Å²) in [5.74, 6) is 0.525. The predicted molar refractivity (Wildman–Crippen MR) is 77.9 cm³/mol. The first-order valence-corrected chi connectivity index (χ1v) is 6.83. The molecule has 1 heterocycles. The zero-order valence-electron chi connectivity index (χ0n) is 12.7. The highest BCUT2D eigenvalue weighted by molar-refractivity contribution is 6.62. The van der Waals surface area contributed by atoms with Crippen molar-refractivity contribution in [1.29, 1.82) is 0 Å². The quantitative estimate of drug-likeness (QED) is 0.833. The van der Waals surface area contributed by atoms with Gasteiger partial charge in [0.1, 0.15) is 5.75 Å². The largest absolute Gasteiger partial charge is 0.508 e. The van der Waals surface area contributed by atoms with Crippen LogP contribution >= 0.6 is 0 Å².